The molecule has 3 aromatic rings. The molecule has 4 nitrogen and oxygen atoms in total. The van der Waals surface area contributed by atoms with Crippen LogP contribution in [0.15, 0.2) is 41.8 Å². The highest BCUT2D eigenvalue weighted by molar-refractivity contribution is 7.12. The van der Waals surface area contributed by atoms with Crippen LogP contribution >= 0.6 is 11.3 Å². The summed E-state index contributed by atoms with van der Waals surface area (Å²) in [6.45, 7) is 3.98. The first-order chi connectivity index (χ1) is 11.1. The Morgan fingerprint density at radius 2 is 2.04 bits per heavy atom. The largest absolute Gasteiger partial charge is 0.462 e. The van der Waals surface area contributed by atoms with E-state index in [-0.39, 0.29) is 18.1 Å². The van der Waals surface area contributed by atoms with E-state index in [1.54, 1.807) is 13.0 Å². The fraction of sp³-hybridized carbons (Fsp3) is 0.167. The Morgan fingerprint density at radius 1 is 1.22 bits per heavy atom. The SMILES string of the molecule is CCOC(=O)c1cc(C(=O)c2cccs2)nc2ccc(C)cc12. The van der Waals surface area contributed by atoms with Crippen LogP contribution < -0.4 is 0 Å². The molecule has 23 heavy (non-hydrogen) atoms. The zero-order chi connectivity index (χ0) is 16.4. The molecule has 0 N–H and O–H groups in total. The molecule has 0 atom stereocenters. The van der Waals surface area contributed by atoms with Gasteiger partial charge >= 0.3 is 5.97 Å². The van der Waals surface area contributed by atoms with Crippen LogP contribution in [0.1, 0.15) is 38.2 Å². The Kier molecular flexibility index (Phi) is 4.21. The van der Waals surface area contributed by atoms with Crippen LogP contribution in [-0.2, 0) is 4.74 Å². The summed E-state index contributed by atoms with van der Waals surface area (Å²) in [5.41, 5.74) is 2.26. The number of aryl methyl sites for hydroxylation is 1. The van der Waals surface area contributed by atoms with Crippen molar-refractivity contribution in [2.45, 2.75) is 13.8 Å². The number of carbonyl (C=O) groups is 2. The first-order valence-electron chi connectivity index (χ1n) is 7.27. The number of pyridine rings is 1. The Morgan fingerprint density at radius 3 is 2.74 bits per heavy atom. The van der Waals surface area contributed by atoms with Gasteiger partial charge in [0.25, 0.3) is 0 Å². The normalized spacial score (nSPS) is 10.7. The number of aromatic nitrogens is 1. The highest BCUT2D eigenvalue weighted by Crippen LogP contribution is 2.23. The summed E-state index contributed by atoms with van der Waals surface area (Å²) in [6.07, 6.45) is 0. The second-order valence-corrected chi connectivity index (χ2v) is 6.05. The molecule has 0 saturated carbocycles. The Bertz CT molecular complexity index is 885. The predicted molar refractivity (Wildman–Crippen MR) is 90.2 cm³/mol. The van der Waals surface area contributed by atoms with E-state index >= 15 is 0 Å². The average Bonchev–Trinajstić information content (AvgIpc) is 3.07. The number of benzene rings is 1. The average molecular weight is 325 g/mol. The molecule has 0 aliphatic rings. The van der Waals surface area contributed by atoms with Crippen LogP contribution in [0.25, 0.3) is 10.9 Å². The fourth-order valence-corrected chi connectivity index (χ4v) is 3.04. The summed E-state index contributed by atoms with van der Waals surface area (Å²) in [7, 11) is 0. The second-order valence-electron chi connectivity index (χ2n) is 5.10. The number of fused-ring (bicyclic) bond motifs is 1. The first-order valence-corrected chi connectivity index (χ1v) is 8.15. The van der Waals surface area contributed by atoms with Crippen molar-refractivity contribution in [3.63, 3.8) is 0 Å². The van der Waals surface area contributed by atoms with Crippen molar-refractivity contribution < 1.29 is 14.3 Å². The molecule has 0 bridgehead atoms. The lowest BCUT2D eigenvalue weighted by Crippen LogP contribution is -2.10. The van der Waals surface area contributed by atoms with Gasteiger partial charge in [-0.3, -0.25) is 4.79 Å². The van der Waals surface area contributed by atoms with Gasteiger partial charge in [0.2, 0.25) is 5.78 Å². The predicted octanol–water partition coefficient (Wildman–Crippen LogP) is 4.01. The summed E-state index contributed by atoms with van der Waals surface area (Å²) in [6, 6.07) is 10.7. The van der Waals surface area contributed by atoms with Gasteiger partial charge < -0.3 is 4.74 Å². The smallest absolute Gasteiger partial charge is 0.338 e. The van der Waals surface area contributed by atoms with Gasteiger partial charge in [0.05, 0.1) is 22.6 Å². The highest BCUT2D eigenvalue weighted by atomic mass is 32.1. The van der Waals surface area contributed by atoms with Gasteiger partial charge in [0, 0.05) is 5.39 Å². The molecular formula is C18H15NO3S. The molecule has 116 valence electrons. The Balaban J connectivity index is 2.19. The van der Waals surface area contributed by atoms with Crippen molar-refractivity contribution in [3.05, 3.63) is 63.5 Å². The monoisotopic (exact) mass is 325 g/mol. The molecule has 0 aliphatic carbocycles. The van der Waals surface area contributed by atoms with Crippen LogP contribution in [0.2, 0.25) is 0 Å². The van der Waals surface area contributed by atoms with Crippen LogP contribution in [0.5, 0.6) is 0 Å². The van der Waals surface area contributed by atoms with Gasteiger partial charge in [0.1, 0.15) is 5.69 Å². The molecule has 2 heterocycles. The van der Waals surface area contributed by atoms with Crippen LogP contribution in [0.3, 0.4) is 0 Å². The van der Waals surface area contributed by atoms with E-state index in [2.05, 4.69) is 4.98 Å². The van der Waals surface area contributed by atoms with Crippen molar-refractivity contribution in [1.82, 2.24) is 4.98 Å². The quantitative estimate of drug-likeness (QED) is 0.537. The third-order valence-electron chi connectivity index (χ3n) is 3.44. The van der Waals surface area contributed by atoms with Gasteiger partial charge in [-0.15, -0.1) is 11.3 Å². The number of hydrogen-bond donors (Lipinski definition) is 0. The zero-order valence-corrected chi connectivity index (χ0v) is 13.6. The highest BCUT2D eigenvalue weighted by Gasteiger charge is 2.19. The molecule has 0 spiro atoms. The van der Waals surface area contributed by atoms with E-state index in [1.807, 2.05) is 36.6 Å². The molecule has 0 amide bonds. The third-order valence-corrected chi connectivity index (χ3v) is 4.31. The van der Waals surface area contributed by atoms with E-state index in [0.29, 0.717) is 21.3 Å². The minimum atomic E-state index is -0.439. The summed E-state index contributed by atoms with van der Waals surface area (Å²) >= 11 is 1.35. The molecule has 0 unspecified atom stereocenters. The van der Waals surface area contributed by atoms with E-state index in [0.717, 1.165) is 5.56 Å². The summed E-state index contributed by atoms with van der Waals surface area (Å²) in [5.74, 6) is -0.626. The molecule has 1 aromatic carbocycles. The number of thiophene rings is 1. The molecule has 0 aliphatic heterocycles. The van der Waals surface area contributed by atoms with Gasteiger partial charge in [0.15, 0.2) is 0 Å². The zero-order valence-electron chi connectivity index (χ0n) is 12.8. The van der Waals surface area contributed by atoms with Gasteiger partial charge in [-0.2, -0.15) is 0 Å². The minimum absolute atomic E-state index is 0.187. The number of nitrogens with zero attached hydrogens (tertiary/aromatic N) is 1. The lowest BCUT2D eigenvalue weighted by atomic mass is 10.0. The molecular weight excluding hydrogens is 310 g/mol. The van der Waals surface area contributed by atoms with E-state index in [9.17, 15) is 9.59 Å². The van der Waals surface area contributed by atoms with Gasteiger partial charge in [-0.05, 0) is 43.5 Å². The summed E-state index contributed by atoms with van der Waals surface area (Å²) in [5, 5.41) is 2.54. The fourth-order valence-electron chi connectivity index (χ4n) is 2.37. The molecule has 0 fully saturated rings. The molecule has 2 aromatic heterocycles. The van der Waals surface area contributed by atoms with Crippen LogP contribution in [0, 0.1) is 6.92 Å². The molecule has 0 saturated heterocycles. The summed E-state index contributed by atoms with van der Waals surface area (Å²) < 4.78 is 5.13. The van der Waals surface area contributed by atoms with E-state index < -0.39 is 5.97 Å². The number of ether oxygens (including phenoxy) is 1. The molecule has 0 radical (unpaired) electrons. The lowest BCUT2D eigenvalue weighted by Gasteiger charge is -2.09. The molecule has 5 heteroatoms. The number of carbonyl (C=O) groups excluding carboxylic acids is 2. The summed E-state index contributed by atoms with van der Waals surface area (Å²) in [4.78, 5) is 29.8. The third kappa shape index (κ3) is 3.00. The van der Waals surface area contributed by atoms with Crippen molar-refractivity contribution in [2.24, 2.45) is 0 Å². The van der Waals surface area contributed by atoms with Crippen LogP contribution in [-0.4, -0.2) is 23.3 Å². The van der Waals surface area contributed by atoms with Crippen LogP contribution in [0.4, 0.5) is 0 Å². The van der Waals surface area contributed by atoms with Gasteiger partial charge in [-0.25, -0.2) is 9.78 Å². The molecule has 3 rings (SSSR count). The number of hydrogen-bond acceptors (Lipinski definition) is 5. The Hall–Kier alpha value is -2.53. The van der Waals surface area contributed by atoms with E-state index in [1.165, 1.54) is 17.4 Å². The lowest BCUT2D eigenvalue weighted by molar-refractivity contribution is 0.0528. The van der Waals surface area contributed by atoms with Gasteiger partial charge in [-0.1, -0.05) is 17.7 Å². The topological polar surface area (TPSA) is 56.3 Å². The number of rotatable bonds is 4. The van der Waals surface area contributed by atoms with Crippen molar-refractivity contribution >= 4 is 34.0 Å². The second kappa shape index (κ2) is 6.30. The van der Waals surface area contributed by atoms with Crippen molar-refractivity contribution in [2.75, 3.05) is 6.61 Å². The minimum Gasteiger partial charge on any atom is -0.462 e. The standard InChI is InChI=1S/C18H15NO3S/c1-3-22-18(21)13-10-15(17(20)16-5-4-8-23-16)19-14-7-6-11(2)9-12(13)14/h4-10H,3H2,1-2H3. The van der Waals surface area contributed by atoms with Crippen molar-refractivity contribution in [3.8, 4) is 0 Å². The number of ketones is 1. The maximum atomic E-state index is 12.5. The van der Waals surface area contributed by atoms with E-state index in [4.69, 9.17) is 4.74 Å². The van der Waals surface area contributed by atoms with Crippen molar-refractivity contribution in [1.29, 1.82) is 0 Å². The Labute approximate surface area is 137 Å². The maximum absolute atomic E-state index is 12.5. The number of esters is 1. The maximum Gasteiger partial charge on any atom is 0.338 e. The first kappa shape index (κ1) is 15.4.